The summed E-state index contributed by atoms with van der Waals surface area (Å²) in [5.41, 5.74) is -2.27. The Hall–Kier alpha value is -1.26. The molecule has 2 bridgehead atoms. The number of ketones is 2. The molecule has 186 valence electrons. The van der Waals surface area contributed by atoms with E-state index in [-0.39, 0.29) is 40.7 Å². The van der Waals surface area contributed by atoms with Crippen LogP contribution in [-0.4, -0.2) is 33.5 Å². The van der Waals surface area contributed by atoms with Crippen LogP contribution in [0.1, 0.15) is 93.4 Å². The highest BCUT2D eigenvalue weighted by Gasteiger charge is 2.97. The molecule has 0 amide bonds. The van der Waals surface area contributed by atoms with Gasteiger partial charge in [-0.05, 0) is 76.5 Å². The Bertz CT molecular complexity index is 1060. The Morgan fingerprint density at radius 3 is 2.50 bits per heavy atom. The Kier molecular flexibility index (Phi) is 4.32. The Labute approximate surface area is 204 Å². The van der Waals surface area contributed by atoms with Gasteiger partial charge in [0.05, 0.1) is 11.0 Å². The third-order valence-electron chi connectivity index (χ3n) is 11.6. The van der Waals surface area contributed by atoms with Crippen molar-refractivity contribution in [2.24, 2.45) is 39.9 Å². The fourth-order valence-electron chi connectivity index (χ4n) is 10.5. The highest BCUT2D eigenvalue weighted by atomic mass is 16.6. The van der Waals surface area contributed by atoms with Gasteiger partial charge in [-0.1, -0.05) is 57.4 Å². The van der Waals surface area contributed by atoms with E-state index in [1.165, 1.54) is 5.57 Å². The number of hydrogen-bond acceptors (Lipinski definition) is 4. The fourth-order valence-corrected chi connectivity index (χ4v) is 10.5. The van der Waals surface area contributed by atoms with Gasteiger partial charge in [0.2, 0.25) is 0 Å². The van der Waals surface area contributed by atoms with Crippen LogP contribution in [0.25, 0.3) is 0 Å². The molecule has 5 fully saturated rings. The number of allylic oxidation sites excluding steroid dienone is 3. The van der Waals surface area contributed by atoms with Crippen LogP contribution in [0.15, 0.2) is 23.3 Å². The van der Waals surface area contributed by atoms with Crippen molar-refractivity contribution in [2.75, 3.05) is 0 Å². The van der Waals surface area contributed by atoms with Crippen LogP contribution < -0.4 is 0 Å². The zero-order valence-electron chi connectivity index (χ0n) is 22.1. The third-order valence-corrected chi connectivity index (χ3v) is 11.6. The Morgan fingerprint density at radius 2 is 1.85 bits per heavy atom. The van der Waals surface area contributed by atoms with Crippen molar-refractivity contribution in [1.82, 2.24) is 0 Å². The summed E-state index contributed by atoms with van der Waals surface area (Å²) in [7, 11) is 0. The van der Waals surface area contributed by atoms with Gasteiger partial charge >= 0.3 is 0 Å². The number of aliphatic hydroxyl groups is 1. The summed E-state index contributed by atoms with van der Waals surface area (Å²) in [6, 6.07) is 0. The van der Waals surface area contributed by atoms with E-state index in [1.54, 1.807) is 0 Å². The Balaban J connectivity index is 1.67. The zero-order valence-corrected chi connectivity index (χ0v) is 22.1. The van der Waals surface area contributed by atoms with Crippen molar-refractivity contribution in [3.05, 3.63) is 23.3 Å². The molecular weight excluding hydrogens is 424 g/mol. The van der Waals surface area contributed by atoms with Crippen LogP contribution in [0, 0.1) is 39.9 Å². The predicted molar refractivity (Wildman–Crippen MR) is 131 cm³/mol. The molecule has 0 aromatic heterocycles. The second-order valence-corrected chi connectivity index (χ2v) is 14.1. The van der Waals surface area contributed by atoms with Crippen molar-refractivity contribution in [1.29, 1.82) is 0 Å². The van der Waals surface area contributed by atoms with Gasteiger partial charge in [0, 0.05) is 17.3 Å². The molecule has 4 nitrogen and oxygen atoms in total. The summed E-state index contributed by atoms with van der Waals surface area (Å²) < 4.78 is 6.61. The average Bonchev–Trinajstić information content (AvgIpc) is 3.42. The van der Waals surface area contributed by atoms with Gasteiger partial charge in [-0.15, -0.1) is 0 Å². The van der Waals surface area contributed by atoms with Gasteiger partial charge in [-0.2, -0.15) is 0 Å². The number of carbonyl (C=O) groups excluding carboxylic acids is 2. The lowest BCUT2D eigenvalue weighted by atomic mass is 9.44. The lowest BCUT2D eigenvalue weighted by Crippen LogP contribution is -2.66. The molecule has 2 spiro atoms. The van der Waals surface area contributed by atoms with Gasteiger partial charge in [0.1, 0.15) is 0 Å². The summed E-state index contributed by atoms with van der Waals surface area (Å²) >= 11 is 0. The van der Waals surface area contributed by atoms with E-state index in [9.17, 15) is 14.7 Å². The van der Waals surface area contributed by atoms with E-state index >= 15 is 0 Å². The van der Waals surface area contributed by atoms with E-state index in [0.29, 0.717) is 19.3 Å². The second kappa shape index (κ2) is 6.35. The number of hydrogen-bond donors (Lipinski definition) is 1. The molecule has 1 saturated heterocycles. The standard InChI is InChI=1S/C30H42O4/c1-17(2)15-20-22-19(5)9-13-26-14-10-21-25(6,7)11-8-12-27(21,33)16-28(22,26)24(32)30(20)29(34-30,18(3)4)23(26)31/h9,15,18,20-22,33H,8,10-14,16H2,1-7H3/t20-,21-,22+,26+,27-,28+,29-,30+/m0/s1. The predicted octanol–water partition coefficient (Wildman–Crippen LogP) is 5.58. The fraction of sp³-hybridized carbons (Fsp3) is 0.800. The van der Waals surface area contributed by atoms with E-state index in [0.717, 1.165) is 31.3 Å². The first-order valence-corrected chi connectivity index (χ1v) is 13.6. The number of epoxide rings is 1. The van der Waals surface area contributed by atoms with E-state index in [2.05, 4.69) is 60.6 Å². The van der Waals surface area contributed by atoms with E-state index in [4.69, 9.17) is 4.74 Å². The number of fused-ring (bicyclic) bond motifs is 1. The summed E-state index contributed by atoms with van der Waals surface area (Å²) in [5.74, 6) is 0.138. The summed E-state index contributed by atoms with van der Waals surface area (Å²) in [4.78, 5) is 29.8. The van der Waals surface area contributed by atoms with Gasteiger partial charge in [0.25, 0.3) is 0 Å². The maximum absolute atomic E-state index is 15.0. The lowest BCUT2D eigenvalue weighted by Gasteiger charge is -2.56. The van der Waals surface area contributed by atoms with Gasteiger partial charge in [0.15, 0.2) is 22.8 Å². The number of carbonyl (C=O) groups is 2. The zero-order chi connectivity index (χ0) is 24.7. The maximum Gasteiger partial charge on any atom is 0.176 e. The molecule has 4 saturated carbocycles. The summed E-state index contributed by atoms with van der Waals surface area (Å²) in [5, 5.41) is 12.4. The normalized spacial score (nSPS) is 52.3. The van der Waals surface area contributed by atoms with Crippen molar-refractivity contribution >= 4 is 11.6 Å². The topological polar surface area (TPSA) is 66.9 Å². The van der Waals surface area contributed by atoms with Gasteiger partial charge in [-0.25, -0.2) is 0 Å². The molecule has 4 heteroatoms. The smallest absolute Gasteiger partial charge is 0.176 e. The molecule has 1 N–H and O–H groups in total. The van der Waals surface area contributed by atoms with E-state index < -0.39 is 27.6 Å². The molecule has 5 aliphatic carbocycles. The SMILES string of the molecule is CC(C)=C[C@H]1[C@H]2C(C)=CC[C@]34CC[C@H]5C(C)(C)CCC[C@]5(O)C[C@]23C(=O)[C@]12O[C@@]2(C(C)C)C4=O. The largest absolute Gasteiger partial charge is 0.390 e. The quantitative estimate of drug-likeness (QED) is 0.426. The minimum Gasteiger partial charge on any atom is -0.390 e. The molecule has 34 heavy (non-hydrogen) atoms. The molecule has 0 aromatic carbocycles. The molecule has 6 rings (SSSR count). The summed E-state index contributed by atoms with van der Waals surface area (Å²) in [6.45, 7) is 15.0. The van der Waals surface area contributed by atoms with Crippen LogP contribution in [0.2, 0.25) is 0 Å². The number of ether oxygens (including phenoxy) is 1. The summed E-state index contributed by atoms with van der Waals surface area (Å²) in [6.07, 6.45) is 9.80. The monoisotopic (exact) mass is 466 g/mol. The number of rotatable bonds is 2. The molecule has 0 radical (unpaired) electrons. The molecule has 8 atom stereocenters. The first-order valence-electron chi connectivity index (χ1n) is 13.6. The van der Waals surface area contributed by atoms with Crippen LogP contribution >= 0.6 is 0 Å². The molecular formula is C30H42O4. The van der Waals surface area contributed by atoms with Crippen molar-refractivity contribution in [3.63, 3.8) is 0 Å². The number of Topliss-reactive ketones (excluding diaryl/α,β-unsaturated/α-hetero) is 2. The molecule has 0 aromatic rings. The van der Waals surface area contributed by atoms with Gasteiger partial charge < -0.3 is 9.84 Å². The first kappa shape index (κ1) is 23.2. The van der Waals surface area contributed by atoms with Gasteiger partial charge in [-0.3, -0.25) is 9.59 Å². The molecule has 0 unspecified atom stereocenters. The highest BCUT2D eigenvalue weighted by molar-refractivity contribution is 6.18. The molecule has 1 heterocycles. The van der Waals surface area contributed by atoms with Crippen LogP contribution in [-0.2, 0) is 14.3 Å². The maximum atomic E-state index is 15.0. The lowest BCUT2D eigenvalue weighted by molar-refractivity contribution is -0.170. The van der Waals surface area contributed by atoms with Crippen LogP contribution in [0.5, 0.6) is 0 Å². The van der Waals surface area contributed by atoms with Crippen molar-refractivity contribution in [3.8, 4) is 0 Å². The molecule has 6 aliphatic rings. The third kappa shape index (κ3) is 2.14. The first-order chi connectivity index (χ1) is 15.8. The van der Waals surface area contributed by atoms with Crippen molar-refractivity contribution < 1.29 is 19.4 Å². The Morgan fingerprint density at radius 1 is 1.15 bits per heavy atom. The van der Waals surface area contributed by atoms with Crippen LogP contribution in [0.3, 0.4) is 0 Å². The minimum absolute atomic E-state index is 0.00119. The molecule has 1 aliphatic heterocycles. The van der Waals surface area contributed by atoms with E-state index in [1.807, 2.05) is 0 Å². The van der Waals surface area contributed by atoms with Crippen LogP contribution in [0.4, 0.5) is 0 Å². The highest BCUT2D eigenvalue weighted by Crippen LogP contribution is 2.83. The van der Waals surface area contributed by atoms with Crippen molar-refractivity contribution in [2.45, 2.75) is 110 Å². The minimum atomic E-state index is -1.07. The average molecular weight is 467 g/mol. The second-order valence-electron chi connectivity index (χ2n) is 14.1.